The number of nitrogens with zero attached hydrogens (tertiary/aromatic N) is 1. The molecule has 3 nitrogen and oxygen atoms in total. The molecular formula is C7H13NO2. The fourth-order valence-electron chi connectivity index (χ4n) is 0.366. The lowest BCUT2D eigenvalue weighted by molar-refractivity contribution is -0.134. The van der Waals surface area contributed by atoms with Crippen molar-refractivity contribution in [3.05, 3.63) is 12.2 Å². The first kappa shape index (κ1) is 5.92. The summed E-state index contributed by atoms with van der Waals surface area (Å²) in [4.78, 5) is 12.1. The fraction of sp³-hybridized carbons (Fsp3) is 0.571. The third-order valence-corrected chi connectivity index (χ3v) is 0.819. The molecule has 0 spiro atoms. The maximum atomic E-state index is 10.5. The Balaban J connectivity index is 3.64. The van der Waals surface area contributed by atoms with Crippen molar-refractivity contribution in [2.24, 2.45) is 0 Å². The maximum absolute atomic E-state index is 10.5. The summed E-state index contributed by atoms with van der Waals surface area (Å²) in [5, 5.41) is 0. The minimum atomic E-state index is -0.412. The smallest absolute Gasteiger partial charge is 0.330 e. The van der Waals surface area contributed by atoms with Crippen molar-refractivity contribution in [2.75, 3.05) is 27.7 Å². The Morgan fingerprint density at radius 3 is 3.00 bits per heavy atom. The molecule has 0 heterocycles. The third kappa shape index (κ3) is 5.31. The molecule has 0 saturated carbocycles. The number of ether oxygens (including phenoxy) is 1. The van der Waals surface area contributed by atoms with E-state index in [9.17, 15) is 4.79 Å². The van der Waals surface area contributed by atoms with Crippen LogP contribution in [-0.2, 0) is 9.53 Å². The van der Waals surface area contributed by atoms with E-state index < -0.39 is 5.97 Å². The molecule has 0 atom stereocenters. The average molecular weight is 145 g/mol. The van der Waals surface area contributed by atoms with Crippen molar-refractivity contribution >= 4 is 5.97 Å². The molecule has 0 aromatic rings. The van der Waals surface area contributed by atoms with Crippen molar-refractivity contribution in [1.82, 2.24) is 4.90 Å². The van der Waals surface area contributed by atoms with Gasteiger partial charge in [-0.1, -0.05) is 6.08 Å². The van der Waals surface area contributed by atoms with Crippen LogP contribution in [0.15, 0.2) is 12.2 Å². The van der Waals surface area contributed by atoms with E-state index in [-0.39, 0.29) is 14.0 Å². The predicted molar refractivity (Wildman–Crippen MR) is 39.7 cm³/mol. The van der Waals surface area contributed by atoms with Crippen LogP contribution in [0.2, 0.25) is 0 Å². The Kier molecular flexibility index (Phi) is 2.96. The van der Waals surface area contributed by atoms with Crippen LogP contribution in [0.1, 0.15) is 2.74 Å². The van der Waals surface area contributed by atoms with E-state index in [0.717, 1.165) is 0 Å². The largest absolute Gasteiger partial charge is 0.466 e. The van der Waals surface area contributed by atoms with Crippen LogP contribution in [0.25, 0.3) is 0 Å². The Morgan fingerprint density at radius 2 is 2.50 bits per heavy atom. The molecule has 0 aliphatic rings. The Bertz CT molecular complexity index is 157. The molecule has 58 valence electrons. The Hall–Kier alpha value is -0.830. The van der Waals surface area contributed by atoms with Crippen molar-refractivity contribution in [1.29, 1.82) is 0 Å². The lowest BCUT2D eigenvalue weighted by Crippen LogP contribution is -2.11. The second-order valence-corrected chi connectivity index (χ2v) is 1.78. The summed E-state index contributed by atoms with van der Waals surface area (Å²) in [5.41, 5.74) is 0. The Morgan fingerprint density at radius 1 is 1.80 bits per heavy atom. The minimum absolute atomic E-state index is 0.0645. The topological polar surface area (TPSA) is 29.5 Å². The lowest BCUT2D eigenvalue weighted by Gasteiger charge is -2.02. The summed E-state index contributed by atoms with van der Waals surface area (Å²) >= 11 is 0. The molecule has 0 amide bonds. The zero-order valence-electron chi connectivity index (χ0n) is 8.04. The van der Waals surface area contributed by atoms with Crippen LogP contribution >= 0.6 is 0 Å². The highest BCUT2D eigenvalue weighted by Crippen LogP contribution is 1.79. The van der Waals surface area contributed by atoms with Crippen LogP contribution in [0.3, 0.4) is 0 Å². The monoisotopic (exact) mass is 145 g/mol. The standard InChI is InChI=1S/C7H13NO2/c1-8(2)6-4-5-7(9)10-3/h4-5H,6H2,1-3H3/i1D,2D. The predicted octanol–water partition coefficient (Wildman–Crippen LogP) is 0.277. The van der Waals surface area contributed by atoms with E-state index in [4.69, 9.17) is 2.74 Å². The van der Waals surface area contributed by atoms with Crippen LogP contribution in [0.4, 0.5) is 0 Å². The van der Waals surface area contributed by atoms with Gasteiger partial charge in [0.05, 0.1) is 7.11 Å². The molecule has 0 radical (unpaired) electrons. The normalized spacial score (nSPS) is 13.4. The van der Waals surface area contributed by atoms with Gasteiger partial charge in [0.15, 0.2) is 0 Å². The number of carbonyl (C=O) groups excluding carboxylic acids is 1. The van der Waals surface area contributed by atoms with Crippen molar-refractivity contribution in [2.45, 2.75) is 0 Å². The van der Waals surface area contributed by atoms with Crippen LogP contribution in [0.5, 0.6) is 0 Å². The van der Waals surface area contributed by atoms with Gasteiger partial charge in [0.2, 0.25) is 0 Å². The number of methoxy groups -OCH3 is 1. The summed E-state index contributed by atoms with van der Waals surface area (Å²) in [6, 6.07) is 0. The van der Waals surface area contributed by atoms with Gasteiger partial charge in [-0.05, 0) is 14.0 Å². The lowest BCUT2D eigenvalue weighted by atomic mass is 10.5. The van der Waals surface area contributed by atoms with Gasteiger partial charge in [0.25, 0.3) is 0 Å². The number of esters is 1. The summed E-state index contributed by atoms with van der Waals surface area (Å²) in [6.45, 7) is 0.433. The highest BCUT2D eigenvalue weighted by molar-refractivity contribution is 5.81. The van der Waals surface area contributed by atoms with E-state index in [0.29, 0.717) is 6.54 Å². The zero-order valence-corrected chi connectivity index (χ0v) is 6.04. The summed E-state index contributed by atoms with van der Waals surface area (Å²) < 4.78 is 18.3. The quantitative estimate of drug-likeness (QED) is 0.422. The van der Waals surface area contributed by atoms with Gasteiger partial charge in [-0.2, -0.15) is 0 Å². The van der Waals surface area contributed by atoms with Gasteiger partial charge in [0.1, 0.15) is 0 Å². The highest BCUT2D eigenvalue weighted by Gasteiger charge is 1.89. The summed E-state index contributed by atoms with van der Waals surface area (Å²) in [7, 11) is 1.43. The van der Waals surface area contributed by atoms with E-state index in [1.807, 2.05) is 0 Å². The minimum Gasteiger partial charge on any atom is -0.466 e. The number of likely N-dealkylation sites (N-methyl/N-ethyl adjacent to an activating group) is 1. The van der Waals surface area contributed by atoms with Crippen LogP contribution in [-0.4, -0.2) is 38.6 Å². The summed E-state index contributed by atoms with van der Waals surface area (Å²) in [5.74, 6) is -0.412. The second kappa shape index (κ2) is 4.99. The number of hydrogen-bond acceptors (Lipinski definition) is 3. The molecule has 10 heavy (non-hydrogen) atoms. The first-order valence-electron chi connectivity index (χ1n) is 4.21. The molecule has 0 unspecified atom stereocenters. The second-order valence-electron chi connectivity index (χ2n) is 1.78. The van der Waals surface area contributed by atoms with Gasteiger partial charge in [0, 0.05) is 15.4 Å². The molecule has 3 heteroatoms. The molecule has 0 rings (SSSR count). The van der Waals surface area contributed by atoms with Crippen molar-refractivity contribution in [3.63, 3.8) is 0 Å². The van der Waals surface area contributed by atoms with Crippen LogP contribution < -0.4 is 0 Å². The molecule has 0 aliphatic heterocycles. The molecule has 0 bridgehead atoms. The third-order valence-electron chi connectivity index (χ3n) is 0.819. The SMILES string of the molecule is [2H]CN(C[2H])CC=CC(=O)OC. The molecule has 0 N–H and O–H groups in total. The Labute approximate surface area is 64.1 Å². The molecule has 0 aromatic carbocycles. The van der Waals surface area contributed by atoms with Gasteiger partial charge in [-0.15, -0.1) is 0 Å². The highest BCUT2D eigenvalue weighted by atomic mass is 16.5. The average Bonchev–Trinajstić information content (AvgIpc) is 2.12. The fourth-order valence-corrected chi connectivity index (χ4v) is 0.366. The van der Waals surface area contributed by atoms with Gasteiger partial charge < -0.3 is 9.64 Å². The van der Waals surface area contributed by atoms with E-state index >= 15 is 0 Å². The number of carbonyl (C=O) groups is 1. The summed E-state index contributed by atoms with van der Waals surface area (Å²) in [6.07, 6.45) is 2.87. The van der Waals surface area contributed by atoms with Crippen LogP contribution in [0, 0.1) is 0 Å². The first-order valence-corrected chi connectivity index (χ1v) is 2.80. The number of hydrogen-bond donors (Lipinski definition) is 0. The van der Waals surface area contributed by atoms with Gasteiger partial charge in [-0.25, -0.2) is 4.79 Å². The van der Waals surface area contributed by atoms with Gasteiger partial charge in [-0.3, -0.25) is 0 Å². The zero-order chi connectivity index (χ0) is 9.40. The van der Waals surface area contributed by atoms with Crippen molar-refractivity contribution in [3.8, 4) is 0 Å². The maximum Gasteiger partial charge on any atom is 0.330 e. The molecule has 0 saturated heterocycles. The molecule has 0 aromatic heterocycles. The van der Waals surface area contributed by atoms with Gasteiger partial charge >= 0.3 is 5.97 Å². The molecule has 0 fully saturated rings. The molecule has 0 aliphatic carbocycles. The first-order chi connectivity index (χ1) is 5.74. The number of rotatable bonds is 3. The van der Waals surface area contributed by atoms with Crippen molar-refractivity contribution < 1.29 is 12.3 Å². The molecular weight excluding hydrogens is 130 g/mol. The van der Waals surface area contributed by atoms with E-state index in [1.54, 1.807) is 11.0 Å². The van der Waals surface area contributed by atoms with E-state index in [2.05, 4.69) is 4.74 Å². The van der Waals surface area contributed by atoms with E-state index in [1.165, 1.54) is 13.2 Å².